The molecule has 0 radical (unpaired) electrons. The molecule has 1 aliphatic rings. The van der Waals surface area contributed by atoms with Crippen LogP contribution in [0.3, 0.4) is 0 Å². The van der Waals surface area contributed by atoms with E-state index < -0.39 is 0 Å². The Morgan fingerprint density at radius 1 is 1.07 bits per heavy atom. The second-order valence-electron chi connectivity index (χ2n) is 6.74. The molecule has 1 amide bonds. The summed E-state index contributed by atoms with van der Waals surface area (Å²) >= 11 is 1.62. The Hall–Kier alpha value is -3.65. The maximum atomic E-state index is 11.7. The fourth-order valence-corrected chi connectivity index (χ4v) is 4.37. The third kappa shape index (κ3) is 3.42. The molecule has 0 spiro atoms. The smallest absolute Gasteiger partial charge is 0.251 e. The van der Waals surface area contributed by atoms with Crippen molar-refractivity contribution in [2.45, 2.75) is 6.54 Å². The average Bonchev–Trinajstić information content (AvgIpc) is 3.44. The van der Waals surface area contributed by atoms with Gasteiger partial charge in [0.1, 0.15) is 12.1 Å². The second-order valence-corrected chi connectivity index (χ2v) is 7.80. The van der Waals surface area contributed by atoms with E-state index in [9.17, 15) is 4.79 Å². The summed E-state index contributed by atoms with van der Waals surface area (Å²) in [5, 5.41) is 6.03. The van der Waals surface area contributed by atoms with Crippen LogP contribution in [0.1, 0.15) is 15.9 Å². The molecule has 0 aliphatic carbocycles. The van der Waals surface area contributed by atoms with Gasteiger partial charge in [-0.15, -0.1) is 11.3 Å². The highest BCUT2D eigenvalue weighted by Crippen LogP contribution is 2.36. The molecule has 3 heterocycles. The summed E-state index contributed by atoms with van der Waals surface area (Å²) in [5.41, 5.74) is 3.63. The number of thiophene rings is 1. The van der Waals surface area contributed by atoms with E-state index in [1.165, 1.54) is 0 Å². The van der Waals surface area contributed by atoms with Crippen molar-refractivity contribution in [2.24, 2.45) is 0 Å². The molecule has 2 aromatic heterocycles. The van der Waals surface area contributed by atoms with Crippen molar-refractivity contribution in [1.82, 2.24) is 15.3 Å². The summed E-state index contributed by atoms with van der Waals surface area (Å²) in [6.07, 6.45) is 1.56. The number of hydrogen-bond acceptors (Lipinski definition) is 7. The van der Waals surface area contributed by atoms with E-state index in [0.29, 0.717) is 12.1 Å². The Morgan fingerprint density at radius 3 is 2.73 bits per heavy atom. The molecule has 8 heteroatoms. The number of rotatable bonds is 5. The zero-order valence-corrected chi connectivity index (χ0v) is 17.0. The number of amides is 1. The molecule has 150 valence electrons. The summed E-state index contributed by atoms with van der Waals surface area (Å²) in [6, 6.07) is 15.5. The highest BCUT2D eigenvalue weighted by Gasteiger charge is 2.14. The predicted molar refractivity (Wildman–Crippen MR) is 116 cm³/mol. The van der Waals surface area contributed by atoms with Gasteiger partial charge in [-0.1, -0.05) is 18.2 Å². The molecular weight excluding hydrogens is 400 g/mol. The van der Waals surface area contributed by atoms with E-state index >= 15 is 0 Å². The summed E-state index contributed by atoms with van der Waals surface area (Å²) in [6.45, 7) is 0.873. The van der Waals surface area contributed by atoms with Gasteiger partial charge in [0.25, 0.3) is 5.91 Å². The van der Waals surface area contributed by atoms with Crippen LogP contribution in [0.2, 0.25) is 0 Å². The fraction of sp³-hybridized carbons (Fsp3) is 0.136. The van der Waals surface area contributed by atoms with Crippen LogP contribution >= 0.6 is 11.3 Å². The lowest BCUT2D eigenvalue weighted by Crippen LogP contribution is -2.17. The first-order valence-electron chi connectivity index (χ1n) is 9.41. The minimum Gasteiger partial charge on any atom is -0.454 e. The van der Waals surface area contributed by atoms with Crippen LogP contribution < -0.4 is 20.1 Å². The van der Waals surface area contributed by atoms with Gasteiger partial charge in [0.2, 0.25) is 6.79 Å². The zero-order chi connectivity index (χ0) is 20.5. The fourth-order valence-electron chi connectivity index (χ4n) is 3.29. The van der Waals surface area contributed by atoms with Crippen molar-refractivity contribution in [3.63, 3.8) is 0 Å². The van der Waals surface area contributed by atoms with Crippen LogP contribution in [0, 0.1) is 0 Å². The Labute approximate surface area is 176 Å². The lowest BCUT2D eigenvalue weighted by Gasteiger charge is -2.07. The van der Waals surface area contributed by atoms with Gasteiger partial charge in [-0.2, -0.15) is 0 Å². The van der Waals surface area contributed by atoms with Crippen molar-refractivity contribution in [1.29, 1.82) is 0 Å². The van der Waals surface area contributed by atoms with Crippen molar-refractivity contribution >= 4 is 33.3 Å². The molecule has 0 saturated heterocycles. The third-order valence-electron chi connectivity index (χ3n) is 4.87. The monoisotopic (exact) mass is 418 g/mol. The molecule has 5 rings (SSSR count). The number of anilines is 1. The van der Waals surface area contributed by atoms with Gasteiger partial charge in [0.15, 0.2) is 11.5 Å². The average molecular weight is 418 g/mol. The van der Waals surface area contributed by atoms with E-state index in [-0.39, 0.29) is 12.7 Å². The zero-order valence-electron chi connectivity index (χ0n) is 16.1. The van der Waals surface area contributed by atoms with Crippen LogP contribution in [0.5, 0.6) is 11.5 Å². The number of fused-ring (bicyclic) bond motifs is 2. The number of carbonyl (C=O) groups excluding carboxylic acids is 1. The van der Waals surface area contributed by atoms with Crippen molar-refractivity contribution in [3.8, 4) is 21.9 Å². The van der Waals surface area contributed by atoms with Crippen molar-refractivity contribution < 1.29 is 14.3 Å². The molecular formula is C22H18N4O3S. The van der Waals surface area contributed by atoms with E-state index in [2.05, 4.69) is 20.6 Å². The predicted octanol–water partition coefficient (Wildman–Crippen LogP) is 4.06. The molecule has 30 heavy (non-hydrogen) atoms. The van der Waals surface area contributed by atoms with E-state index in [0.717, 1.165) is 43.5 Å². The molecule has 0 saturated carbocycles. The van der Waals surface area contributed by atoms with Crippen LogP contribution in [0.15, 0.2) is 54.9 Å². The van der Waals surface area contributed by atoms with Gasteiger partial charge < -0.3 is 20.1 Å². The highest BCUT2D eigenvalue weighted by atomic mass is 32.1. The topological polar surface area (TPSA) is 85.4 Å². The summed E-state index contributed by atoms with van der Waals surface area (Å²) in [4.78, 5) is 21.7. The van der Waals surface area contributed by atoms with Crippen LogP contribution in [-0.2, 0) is 6.54 Å². The molecule has 7 nitrogen and oxygen atoms in total. The Morgan fingerprint density at radius 2 is 1.90 bits per heavy atom. The van der Waals surface area contributed by atoms with Gasteiger partial charge >= 0.3 is 0 Å². The normalized spacial score (nSPS) is 12.2. The Kier molecular flexibility index (Phi) is 4.68. The maximum Gasteiger partial charge on any atom is 0.251 e. The van der Waals surface area contributed by atoms with Crippen LogP contribution in [0.4, 0.5) is 5.82 Å². The first-order chi connectivity index (χ1) is 14.7. The van der Waals surface area contributed by atoms with E-state index in [1.54, 1.807) is 24.7 Å². The number of ether oxygens (including phenoxy) is 2. The summed E-state index contributed by atoms with van der Waals surface area (Å²) < 4.78 is 11.8. The van der Waals surface area contributed by atoms with Gasteiger partial charge in [0, 0.05) is 24.0 Å². The van der Waals surface area contributed by atoms with Crippen molar-refractivity contribution in [2.75, 3.05) is 19.2 Å². The van der Waals surface area contributed by atoms with Gasteiger partial charge in [-0.25, -0.2) is 9.97 Å². The largest absolute Gasteiger partial charge is 0.454 e. The molecule has 2 aromatic carbocycles. The van der Waals surface area contributed by atoms with E-state index in [1.807, 2.05) is 48.5 Å². The molecule has 0 bridgehead atoms. The molecule has 0 fully saturated rings. The van der Waals surface area contributed by atoms with E-state index in [4.69, 9.17) is 9.47 Å². The van der Waals surface area contributed by atoms with Gasteiger partial charge in [0.05, 0.1) is 10.2 Å². The number of hydrogen-bond donors (Lipinski definition) is 2. The number of carbonyl (C=O) groups is 1. The van der Waals surface area contributed by atoms with Crippen LogP contribution in [-0.4, -0.2) is 29.7 Å². The maximum absolute atomic E-state index is 11.7. The van der Waals surface area contributed by atoms with Crippen LogP contribution in [0.25, 0.3) is 20.7 Å². The van der Waals surface area contributed by atoms with Gasteiger partial charge in [-0.3, -0.25) is 4.79 Å². The first kappa shape index (κ1) is 18.4. The Bertz CT molecular complexity index is 1240. The third-order valence-corrected chi connectivity index (χ3v) is 6.05. The number of nitrogens with zero attached hydrogens (tertiary/aromatic N) is 2. The minimum atomic E-state index is -0.0984. The highest BCUT2D eigenvalue weighted by molar-refractivity contribution is 7.22. The quantitative estimate of drug-likeness (QED) is 0.508. The summed E-state index contributed by atoms with van der Waals surface area (Å²) in [7, 11) is 1.62. The molecule has 2 N–H and O–H groups in total. The standard InChI is InChI=1S/C22H18N4O3S/c1-23-22(27)15-5-3-14(4-6-15)19-9-16-20(30-19)21(26-11-25-16)24-10-13-2-7-17-18(8-13)29-12-28-17/h2-9,11H,10,12H2,1H3,(H,23,27)(H,24,25,26). The molecule has 0 atom stereocenters. The lowest BCUT2D eigenvalue weighted by molar-refractivity contribution is 0.0963. The molecule has 1 aliphatic heterocycles. The first-order valence-corrected chi connectivity index (χ1v) is 10.2. The lowest BCUT2D eigenvalue weighted by atomic mass is 10.1. The van der Waals surface area contributed by atoms with Gasteiger partial charge in [-0.05, 0) is 41.5 Å². The number of benzene rings is 2. The SMILES string of the molecule is CNC(=O)c1ccc(-c2cc3ncnc(NCc4ccc5c(c4)OCO5)c3s2)cc1. The number of nitrogens with one attached hydrogen (secondary N) is 2. The number of aromatic nitrogens is 2. The minimum absolute atomic E-state index is 0.0984. The van der Waals surface area contributed by atoms with Crippen molar-refractivity contribution in [3.05, 3.63) is 66.0 Å². The molecule has 0 unspecified atom stereocenters. The Balaban J connectivity index is 1.39. The second kappa shape index (κ2) is 7.64. The summed E-state index contributed by atoms with van der Waals surface area (Å²) in [5.74, 6) is 2.23. The molecule has 4 aromatic rings.